The van der Waals surface area contributed by atoms with E-state index in [0.29, 0.717) is 25.7 Å². The van der Waals surface area contributed by atoms with Gasteiger partial charge in [-0.2, -0.15) is 0 Å². The number of hydrogen-bond donors (Lipinski definition) is 1. The number of carbonyl (C=O) groups is 5. The Morgan fingerprint density at radius 3 is 2.47 bits per heavy atom. The minimum absolute atomic E-state index is 0.00372. The highest BCUT2D eigenvalue weighted by molar-refractivity contribution is 5.99. The van der Waals surface area contributed by atoms with E-state index in [4.69, 9.17) is 0 Å². The summed E-state index contributed by atoms with van der Waals surface area (Å²) in [4.78, 5) is 62.4. The molecule has 3 aliphatic carbocycles. The molecule has 7 heteroatoms. The third kappa shape index (κ3) is 3.83. The van der Waals surface area contributed by atoms with Crippen LogP contribution in [0.1, 0.15) is 72.1 Å². The number of methoxy groups -OCH3 is 1. The molecule has 30 heavy (non-hydrogen) atoms. The highest BCUT2D eigenvalue weighted by Gasteiger charge is 2.62. The number of fused-ring (bicyclic) bond motifs is 3. The number of ketones is 3. The van der Waals surface area contributed by atoms with Crippen LogP contribution in [0.5, 0.6) is 0 Å². The zero-order chi connectivity index (χ0) is 22.3. The van der Waals surface area contributed by atoms with E-state index in [1.54, 1.807) is 6.92 Å². The molecule has 0 radical (unpaired) electrons. The molecule has 0 bridgehead atoms. The summed E-state index contributed by atoms with van der Waals surface area (Å²) in [5.74, 6) is -0.654. The van der Waals surface area contributed by atoms with Gasteiger partial charge in [-0.15, -0.1) is 0 Å². The first kappa shape index (κ1) is 22.6. The predicted molar refractivity (Wildman–Crippen MR) is 108 cm³/mol. The molecule has 6 atom stereocenters. The van der Waals surface area contributed by atoms with Gasteiger partial charge in [0.1, 0.15) is 17.3 Å². The van der Waals surface area contributed by atoms with Crippen molar-refractivity contribution in [1.82, 2.24) is 5.32 Å². The Labute approximate surface area is 177 Å². The second kappa shape index (κ2) is 8.23. The zero-order valence-corrected chi connectivity index (χ0v) is 18.4. The summed E-state index contributed by atoms with van der Waals surface area (Å²) >= 11 is 0. The molecule has 1 N–H and O–H groups in total. The maximum atomic E-state index is 13.2. The van der Waals surface area contributed by atoms with E-state index in [1.165, 1.54) is 7.11 Å². The number of hydrogen-bond acceptors (Lipinski definition) is 6. The van der Waals surface area contributed by atoms with E-state index < -0.39 is 22.7 Å². The lowest BCUT2D eigenvalue weighted by molar-refractivity contribution is -0.160. The molecule has 0 spiro atoms. The quantitative estimate of drug-likeness (QED) is 0.663. The van der Waals surface area contributed by atoms with Crippen LogP contribution in [0.3, 0.4) is 0 Å². The second-order valence-corrected chi connectivity index (χ2v) is 9.90. The van der Waals surface area contributed by atoms with E-state index in [0.717, 1.165) is 6.42 Å². The predicted octanol–water partition coefficient (Wildman–Crippen LogP) is 2.39. The highest BCUT2D eigenvalue weighted by atomic mass is 16.5. The number of nitrogens with one attached hydrogen (secondary N) is 1. The van der Waals surface area contributed by atoms with Gasteiger partial charge in [0.15, 0.2) is 0 Å². The van der Waals surface area contributed by atoms with Gasteiger partial charge in [-0.1, -0.05) is 13.8 Å². The van der Waals surface area contributed by atoms with Crippen LogP contribution in [0.25, 0.3) is 0 Å². The molecule has 0 aromatic carbocycles. The molecule has 3 fully saturated rings. The summed E-state index contributed by atoms with van der Waals surface area (Å²) in [6, 6.07) is -0.367. The summed E-state index contributed by atoms with van der Waals surface area (Å²) < 4.78 is 4.61. The maximum Gasteiger partial charge on any atom is 0.307 e. The first-order valence-corrected chi connectivity index (χ1v) is 11.0. The number of amides is 1. The maximum absolute atomic E-state index is 13.2. The Hall–Kier alpha value is -2.05. The van der Waals surface area contributed by atoms with Crippen molar-refractivity contribution in [3.63, 3.8) is 0 Å². The lowest BCUT2D eigenvalue weighted by atomic mass is 9.48. The minimum atomic E-state index is -0.879. The van der Waals surface area contributed by atoms with Crippen molar-refractivity contribution < 1.29 is 28.7 Å². The molecule has 1 amide bonds. The largest absolute Gasteiger partial charge is 0.469 e. The van der Waals surface area contributed by atoms with Crippen LogP contribution >= 0.6 is 0 Å². The molecule has 0 saturated heterocycles. The zero-order valence-electron chi connectivity index (χ0n) is 18.4. The molecule has 3 aliphatic rings. The van der Waals surface area contributed by atoms with Gasteiger partial charge < -0.3 is 10.1 Å². The Bertz CT molecular complexity index is 776. The van der Waals surface area contributed by atoms with Crippen molar-refractivity contribution >= 4 is 29.2 Å². The van der Waals surface area contributed by atoms with Gasteiger partial charge in [0.2, 0.25) is 5.91 Å². The SMILES string of the molecule is COC(=O)C[C@@H](C)NC(=O)CC[C@@]1(C)C(=O)CC[C@@H]2[C@@H]1C(=O)C[C@]1(C)C(=O)CC[C@@H]21. The van der Waals surface area contributed by atoms with E-state index in [2.05, 4.69) is 10.1 Å². The topological polar surface area (TPSA) is 107 Å². The fraction of sp³-hybridized carbons (Fsp3) is 0.783. The molecular weight excluding hydrogens is 386 g/mol. The van der Waals surface area contributed by atoms with Gasteiger partial charge in [0, 0.05) is 48.5 Å². The van der Waals surface area contributed by atoms with Crippen LogP contribution in [-0.2, 0) is 28.7 Å². The van der Waals surface area contributed by atoms with Crippen molar-refractivity contribution in [2.45, 2.75) is 78.2 Å². The van der Waals surface area contributed by atoms with Gasteiger partial charge in [-0.05, 0) is 38.0 Å². The summed E-state index contributed by atoms with van der Waals surface area (Å²) in [6.45, 7) is 5.47. The van der Waals surface area contributed by atoms with Crippen LogP contribution in [0.4, 0.5) is 0 Å². The van der Waals surface area contributed by atoms with Crippen molar-refractivity contribution in [2.75, 3.05) is 7.11 Å². The number of ether oxygens (including phenoxy) is 1. The molecule has 7 nitrogen and oxygen atoms in total. The molecule has 3 rings (SSSR count). The number of Topliss-reactive ketones (excluding diaryl/α,β-unsaturated/α-hetero) is 3. The van der Waals surface area contributed by atoms with Gasteiger partial charge >= 0.3 is 5.97 Å². The Morgan fingerprint density at radius 1 is 1.13 bits per heavy atom. The standard InChI is InChI=1S/C23H33NO6/c1-13(11-20(29)30-4)24-19(28)9-10-22(2)17(26)7-5-14-15-6-8-18(27)23(15,3)12-16(25)21(14)22/h13-15,21H,5-12H2,1-4H3,(H,24,28)/t13-,14+,15+,21-,22+,23+/m1/s1. The van der Waals surface area contributed by atoms with E-state index >= 15 is 0 Å². The molecule has 0 heterocycles. The molecule has 0 aliphatic heterocycles. The summed E-state index contributed by atoms with van der Waals surface area (Å²) in [7, 11) is 1.30. The summed E-state index contributed by atoms with van der Waals surface area (Å²) in [6.07, 6.45) is 3.06. The highest BCUT2D eigenvalue weighted by Crippen LogP contribution is 2.60. The molecule has 0 aromatic rings. The number of esters is 1. The molecule has 0 unspecified atom stereocenters. The van der Waals surface area contributed by atoms with Gasteiger partial charge in [0.25, 0.3) is 0 Å². The van der Waals surface area contributed by atoms with E-state index in [9.17, 15) is 24.0 Å². The van der Waals surface area contributed by atoms with Crippen LogP contribution in [-0.4, -0.2) is 42.4 Å². The fourth-order valence-corrected chi connectivity index (χ4v) is 6.31. The average Bonchev–Trinajstić information content (AvgIpc) is 2.97. The van der Waals surface area contributed by atoms with Gasteiger partial charge in [-0.25, -0.2) is 0 Å². The van der Waals surface area contributed by atoms with Gasteiger partial charge in [-0.3, -0.25) is 24.0 Å². The van der Waals surface area contributed by atoms with Crippen LogP contribution in [0, 0.1) is 28.6 Å². The van der Waals surface area contributed by atoms with Crippen LogP contribution in [0.2, 0.25) is 0 Å². The average molecular weight is 420 g/mol. The number of carbonyl (C=O) groups excluding carboxylic acids is 5. The fourth-order valence-electron chi connectivity index (χ4n) is 6.31. The first-order valence-electron chi connectivity index (χ1n) is 11.0. The lowest BCUT2D eigenvalue weighted by Gasteiger charge is -2.52. The normalized spacial score (nSPS) is 36.7. The Balaban J connectivity index is 1.71. The molecule has 0 aromatic heterocycles. The third-order valence-corrected chi connectivity index (χ3v) is 7.98. The summed E-state index contributed by atoms with van der Waals surface area (Å²) in [5, 5.41) is 2.77. The Kier molecular flexibility index (Phi) is 6.21. The third-order valence-electron chi connectivity index (χ3n) is 7.98. The van der Waals surface area contributed by atoms with Crippen molar-refractivity contribution in [2.24, 2.45) is 28.6 Å². The second-order valence-electron chi connectivity index (χ2n) is 9.90. The summed E-state index contributed by atoms with van der Waals surface area (Å²) in [5.41, 5.74) is -1.46. The van der Waals surface area contributed by atoms with E-state index in [1.807, 2.05) is 13.8 Å². The van der Waals surface area contributed by atoms with Crippen LogP contribution in [0.15, 0.2) is 0 Å². The first-order chi connectivity index (χ1) is 14.0. The molecule has 3 saturated carbocycles. The molecular formula is C23H33NO6. The van der Waals surface area contributed by atoms with Gasteiger partial charge in [0.05, 0.1) is 13.5 Å². The van der Waals surface area contributed by atoms with Crippen molar-refractivity contribution in [3.05, 3.63) is 0 Å². The van der Waals surface area contributed by atoms with E-state index in [-0.39, 0.29) is 60.4 Å². The monoisotopic (exact) mass is 419 g/mol. The lowest BCUT2D eigenvalue weighted by Crippen LogP contribution is -2.56. The minimum Gasteiger partial charge on any atom is -0.469 e. The van der Waals surface area contributed by atoms with Crippen molar-refractivity contribution in [1.29, 1.82) is 0 Å². The number of rotatable bonds is 6. The Morgan fingerprint density at radius 2 is 1.80 bits per heavy atom. The van der Waals surface area contributed by atoms with Crippen molar-refractivity contribution in [3.8, 4) is 0 Å². The van der Waals surface area contributed by atoms with Crippen LogP contribution < -0.4 is 5.32 Å². The smallest absolute Gasteiger partial charge is 0.307 e. The molecule has 166 valence electrons.